The average Bonchev–Trinajstić information content (AvgIpc) is 3.44. The zero-order valence-electron chi connectivity index (χ0n) is 18.7. The summed E-state index contributed by atoms with van der Waals surface area (Å²) in [5.41, 5.74) is 5.09. The fourth-order valence-electron chi connectivity index (χ4n) is 3.53. The number of benzene rings is 1. The van der Waals surface area contributed by atoms with Crippen LogP contribution in [-0.4, -0.2) is 49.9 Å². The fourth-order valence-corrected chi connectivity index (χ4v) is 3.53. The molecule has 0 fully saturated rings. The molecule has 4 rings (SSSR count). The Bertz CT molecular complexity index is 1220. The Morgan fingerprint density at radius 1 is 1.25 bits per heavy atom. The number of hydrogen-bond acceptors (Lipinski definition) is 8. The number of fused-ring (bicyclic) bond motifs is 3. The maximum absolute atomic E-state index is 9.79. The zero-order valence-corrected chi connectivity index (χ0v) is 18.7. The van der Waals surface area contributed by atoms with Crippen LogP contribution in [0.2, 0.25) is 0 Å². The highest BCUT2D eigenvalue weighted by atomic mass is 16.5. The van der Waals surface area contributed by atoms with Crippen LogP contribution in [-0.2, 0) is 6.42 Å². The number of nitrogens with zero attached hydrogens (tertiary/aromatic N) is 6. The van der Waals surface area contributed by atoms with Crippen molar-refractivity contribution < 1.29 is 14.4 Å². The second-order valence-electron chi connectivity index (χ2n) is 7.90. The molecule has 2 aromatic heterocycles. The van der Waals surface area contributed by atoms with E-state index in [9.17, 15) is 5.11 Å². The van der Waals surface area contributed by atoms with Gasteiger partial charge in [-0.2, -0.15) is 15.2 Å². The summed E-state index contributed by atoms with van der Waals surface area (Å²) in [7, 11) is 1.62. The summed E-state index contributed by atoms with van der Waals surface area (Å²) >= 11 is 0. The van der Waals surface area contributed by atoms with Gasteiger partial charge in [0.15, 0.2) is 0 Å². The van der Waals surface area contributed by atoms with Gasteiger partial charge >= 0.3 is 0 Å². The minimum absolute atomic E-state index is 0.117. The molecule has 0 bridgehead atoms. The van der Waals surface area contributed by atoms with Crippen LogP contribution < -0.4 is 4.74 Å². The van der Waals surface area contributed by atoms with Crippen LogP contribution in [0.15, 0.2) is 51.4 Å². The molecular formula is C23H26N6O3. The Morgan fingerprint density at radius 3 is 2.75 bits per heavy atom. The van der Waals surface area contributed by atoms with Gasteiger partial charge in [-0.3, -0.25) is 0 Å². The third-order valence-electron chi connectivity index (χ3n) is 5.41. The molecule has 0 saturated heterocycles. The SMILES string of the molecule is C=C1CCc2c(-c3noc(C(C)C)n3)ncn2-c2ccc(OC)cc2/C(C)=N/N=C\1CO. The lowest BCUT2D eigenvalue weighted by atomic mass is 10.0. The van der Waals surface area contributed by atoms with Crippen molar-refractivity contribution in [1.82, 2.24) is 19.7 Å². The molecule has 9 nitrogen and oxygen atoms in total. The Balaban J connectivity index is 1.93. The van der Waals surface area contributed by atoms with E-state index < -0.39 is 0 Å². The quantitative estimate of drug-likeness (QED) is 0.670. The number of aliphatic hydroxyl groups excluding tert-OH is 1. The molecule has 0 spiro atoms. The molecule has 3 aromatic rings. The van der Waals surface area contributed by atoms with Crippen molar-refractivity contribution in [3.05, 3.63) is 53.8 Å². The summed E-state index contributed by atoms with van der Waals surface area (Å²) in [6.45, 7) is 9.72. The van der Waals surface area contributed by atoms with Gasteiger partial charge < -0.3 is 18.9 Å². The second kappa shape index (κ2) is 8.88. The molecule has 0 radical (unpaired) electrons. The van der Waals surface area contributed by atoms with E-state index in [0.29, 0.717) is 53.0 Å². The molecule has 1 N–H and O–H groups in total. The molecule has 166 valence electrons. The van der Waals surface area contributed by atoms with Crippen molar-refractivity contribution in [2.24, 2.45) is 10.2 Å². The lowest BCUT2D eigenvalue weighted by Gasteiger charge is -2.14. The topological polar surface area (TPSA) is 111 Å². The van der Waals surface area contributed by atoms with Crippen LogP contribution in [0.5, 0.6) is 5.75 Å². The predicted molar refractivity (Wildman–Crippen MR) is 122 cm³/mol. The number of ether oxygens (including phenoxy) is 1. The summed E-state index contributed by atoms with van der Waals surface area (Å²) in [4.78, 5) is 9.18. The molecule has 3 heterocycles. The lowest BCUT2D eigenvalue weighted by molar-refractivity contribution is 0.357. The summed E-state index contributed by atoms with van der Waals surface area (Å²) in [6.07, 6.45) is 2.90. The van der Waals surface area contributed by atoms with Crippen molar-refractivity contribution >= 4 is 11.4 Å². The molecular weight excluding hydrogens is 408 g/mol. The van der Waals surface area contributed by atoms with Gasteiger partial charge in [0.1, 0.15) is 17.8 Å². The van der Waals surface area contributed by atoms with Crippen LogP contribution in [0.1, 0.15) is 50.3 Å². The molecule has 1 aliphatic heterocycles. The van der Waals surface area contributed by atoms with Crippen LogP contribution in [0.25, 0.3) is 17.2 Å². The maximum atomic E-state index is 9.79. The molecule has 1 aromatic carbocycles. The first-order valence-corrected chi connectivity index (χ1v) is 10.4. The largest absolute Gasteiger partial charge is 0.497 e. The number of hydrogen-bond donors (Lipinski definition) is 1. The van der Waals surface area contributed by atoms with E-state index >= 15 is 0 Å². The first-order chi connectivity index (χ1) is 15.4. The van der Waals surface area contributed by atoms with Crippen LogP contribution in [0.3, 0.4) is 0 Å². The van der Waals surface area contributed by atoms with Crippen molar-refractivity contribution in [1.29, 1.82) is 0 Å². The predicted octanol–water partition coefficient (Wildman–Crippen LogP) is 3.71. The molecule has 32 heavy (non-hydrogen) atoms. The fraction of sp³-hybridized carbons (Fsp3) is 0.348. The second-order valence-corrected chi connectivity index (χ2v) is 7.90. The molecule has 1 aliphatic rings. The van der Waals surface area contributed by atoms with Crippen molar-refractivity contribution in [2.45, 2.75) is 39.5 Å². The molecule has 0 saturated carbocycles. The molecule has 0 aliphatic carbocycles. The van der Waals surface area contributed by atoms with Crippen molar-refractivity contribution in [3.63, 3.8) is 0 Å². The smallest absolute Gasteiger partial charge is 0.229 e. The third-order valence-corrected chi connectivity index (χ3v) is 5.41. The van der Waals surface area contributed by atoms with Crippen LogP contribution in [0.4, 0.5) is 0 Å². The Morgan fingerprint density at radius 2 is 2.06 bits per heavy atom. The third kappa shape index (κ3) is 3.99. The monoisotopic (exact) mass is 434 g/mol. The van der Waals surface area contributed by atoms with Gasteiger partial charge in [-0.25, -0.2) is 4.98 Å². The Hall–Kier alpha value is -3.59. The normalized spacial score (nSPS) is 17.6. The van der Waals surface area contributed by atoms with E-state index in [1.54, 1.807) is 13.4 Å². The minimum atomic E-state index is -0.241. The van der Waals surface area contributed by atoms with Gasteiger partial charge in [0.05, 0.1) is 36.5 Å². The van der Waals surface area contributed by atoms with Gasteiger partial charge in [0.25, 0.3) is 0 Å². The van der Waals surface area contributed by atoms with Crippen LogP contribution >= 0.6 is 0 Å². The van der Waals surface area contributed by atoms with Gasteiger partial charge in [-0.05, 0) is 43.5 Å². The van der Waals surface area contributed by atoms with Crippen molar-refractivity contribution in [3.8, 4) is 23.0 Å². The van der Waals surface area contributed by atoms with Crippen LogP contribution in [0, 0.1) is 0 Å². The number of methoxy groups -OCH3 is 1. The Labute approximate surface area is 186 Å². The molecule has 9 heteroatoms. The Kier molecular flexibility index (Phi) is 6.00. The van der Waals surface area contributed by atoms with Gasteiger partial charge in [-0.15, -0.1) is 0 Å². The number of aliphatic hydroxyl groups is 1. The number of aromatic nitrogens is 4. The lowest BCUT2D eigenvalue weighted by Crippen LogP contribution is -2.09. The highest BCUT2D eigenvalue weighted by Gasteiger charge is 2.23. The first-order valence-electron chi connectivity index (χ1n) is 10.4. The van der Waals surface area contributed by atoms with Gasteiger partial charge in [0.2, 0.25) is 11.7 Å². The molecule has 0 atom stereocenters. The van der Waals surface area contributed by atoms with E-state index in [4.69, 9.17) is 9.26 Å². The highest BCUT2D eigenvalue weighted by molar-refractivity contribution is 6.04. The van der Waals surface area contributed by atoms with E-state index in [-0.39, 0.29) is 12.5 Å². The summed E-state index contributed by atoms with van der Waals surface area (Å²) in [6, 6.07) is 5.76. The minimum Gasteiger partial charge on any atom is -0.497 e. The summed E-state index contributed by atoms with van der Waals surface area (Å²) < 4.78 is 12.8. The molecule has 0 unspecified atom stereocenters. The van der Waals surface area contributed by atoms with Gasteiger partial charge in [0, 0.05) is 11.5 Å². The number of imidazole rings is 1. The van der Waals surface area contributed by atoms with E-state index in [2.05, 4.69) is 31.9 Å². The molecule has 0 amide bonds. The first kappa shape index (κ1) is 21.6. The van der Waals surface area contributed by atoms with E-state index in [1.807, 2.05) is 43.5 Å². The van der Waals surface area contributed by atoms with Gasteiger partial charge in [-0.1, -0.05) is 25.6 Å². The standard InChI is InChI=1S/C23H26N6O3/c1-13(2)23-25-22(28-32-23)21-20-8-6-14(3)18(11-30)27-26-15(4)17-10-16(31-5)7-9-19(17)29(20)12-24-21/h7,9-10,12-13,30H,3,6,8,11H2,1-2,4-5H3/b26-15+,27-18-. The average molecular weight is 435 g/mol. The zero-order chi connectivity index (χ0) is 22.8. The number of rotatable bonds is 4. The van der Waals surface area contributed by atoms with Crippen molar-refractivity contribution in [2.75, 3.05) is 13.7 Å². The highest BCUT2D eigenvalue weighted by Crippen LogP contribution is 2.30. The summed E-state index contributed by atoms with van der Waals surface area (Å²) in [5, 5.41) is 22.6. The maximum Gasteiger partial charge on any atom is 0.229 e. The van der Waals surface area contributed by atoms with E-state index in [0.717, 1.165) is 16.9 Å². The van der Waals surface area contributed by atoms with E-state index in [1.165, 1.54) is 0 Å². The summed E-state index contributed by atoms with van der Waals surface area (Å²) in [5.74, 6) is 1.82.